The summed E-state index contributed by atoms with van der Waals surface area (Å²) < 4.78 is 0.964. The van der Waals surface area contributed by atoms with Crippen molar-refractivity contribution in [3.05, 3.63) is 29.3 Å². The SMILES string of the molecule is CNC(=O)[C@H](CC(N)=O)NC(=O)c1ccc2scnc2c1. The summed E-state index contributed by atoms with van der Waals surface area (Å²) in [7, 11) is 1.42. The summed E-state index contributed by atoms with van der Waals surface area (Å²) in [5.74, 6) is -1.60. The normalized spacial score (nSPS) is 11.9. The average Bonchev–Trinajstić information content (AvgIpc) is 2.92. The molecule has 0 unspecified atom stereocenters. The first kappa shape index (κ1) is 14.9. The zero-order valence-corrected chi connectivity index (χ0v) is 12.1. The molecule has 1 aromatic carbocycles. The number of nitrogens with zero attached hydrogens (tertiary/aromatic N) is 1. The van der Waals surface area contributed by atoms with Crippen molar-refractivity contribution < 1.29 is 14.4 Å². The number of primary amides is 1. The van der Waals surface area contributed by atoms with Crippen molar-refractivity contribution in [3.63, 3.8) is 0 Å². The highest BCUT2D eigenvalue weighted by Crippen LogP contribution is 2.18. The van der Waals surface area contributed by atoms with Gasteiger partial charge in [-0.25, -0.2) is 4.98 Å². The van der Waals surface area contributed by atoms with Gasteiger partial charge in [-0.1, -0.05) is 0 Å². The highest BCUT2D eigenvalue weighted by molar-refractivity contribution is 7.16. The van der Waals surface area contributed by atoms with Crippen LogP contribution in [-0.2, 0) is 9.59 Å². The molecule has 0 radical (unpaired) electrons. The number of nitrogens with one attached hydrogen (secondary N) is 2. The van der Waals surface area contributed by atoms with Gasteiger partial charge in [0.25, 0.3) is 5.91 Å². The number of carbonyl (C=O) groups excluding carboxylic acids is 3. The van der Waals surface area contributed by atoms with Crippen molar-refractivity contribution in [2.24, 2.45) is 5.73 Å². The zero-order chi connectivity index (χ0) is 15.4. The van der Waals surface area contributed by atoms with Crippen LogP contribution in [0.25, 0.3) is 10.2 Å². The first-order valence-electron chi connectivity index (χ1n) is 6.15. The molecule has 0 bridgehead atoms. The molecule has 0 aliphatic rings. The van der Waals surface area contributed by atoms with Gasteiger partial charge in [-0.3, -0.25) is 14.4 Å². The zero-order valence-electron chi connectivity index (χ0n) is 11.3. The molecular weight excluding hydrogens is 292 g/mol. The second-order valence-electron chi connectivity index (χ2n) is 4.35. The smallest absolute Gasteiger partial charge is 0.252 e. The number of hydrogen-bond acceptors (Lipinski definition) is 5. The number of carbonyl (C=O) groups is 3. The van der Waals surface area contributed by atoms with E-state index in [2.05, 4.69) is 15.6 Å². The van der Waals surface area contributed by atoms with Crippen LogP contribution < -0.4 is 16.4 Å². The van der Waals surface area contributed by atoms with Crippen molar-refractivity contribution in [1.29, 1.82) is 0 Å². The Kier molecular flexibility index (Phi) is 4.49. The van der Waals surface area contributed by atoms with Gasteiger partial charge in [0.1, 0.15) is 6.04 Å². The van der Waals surface area contributed by atoms with E-state index < -0.39 is 23.8 Å². The minimum Gasteiger partial charge on any atom is -0.370 e. The number of benzene rings is 1. The maximum absolute atomic E-state index is 12.2. The van der Waals surface area contributed by atoms with Gasteiger partial charge in [-0.2, -0.15) is 0 Å². The molecule has 0 aliphatic heterocycles. The summed E-state index contributed by atoms with van der Waals surface area (Å²) in [6.45, 7) is 0. The fourth-order valence-corrected chi connectivity index (χ4v) is 2.48. The molecule has 4 N–H and O–H groups in total. The van der Waals surface area contributed by atoms with Crippen molar-refractivity contribution in [3.8, 4) is 0 Å². The first-order chi connectivity index (χ1) is 10.0. The van der Waals surface area contributed by atoms with Crippen LogP contribution in [0, 0.1) is 0 Å². The topological polar surface area (TPSA) is 114 Å². The molecule has 8 heteroatoms. The molecule has 2 rings (SSSR count). The highest BCUT2D eigenvalue weighted by Gasteiger charge is 2.22. The third-order valence-electron chi connectivity index (χ3n) is 2.87. The first-order valence-corrected chi connectivity index (χ1v) is 7.03. The monoisotopic (exact) mass is 306 g/mol. The molecule has 1 heterocycles. The van der Waals surface area contributed by atoms with Crippen LogP contribution in [0.3, 0.4) is 0 Å². The molecule has 0 aliphatic carbocycles. The van der Waals surface area contributed by atoms with E-state index in [9.17, 15) is 14.4 Å². The lowest BCUT2D eigenvalue weighted by Crippen LogP contribution is -2.47. The Morgan fingerprint density at radius 2 is 2.14 bits per heavy atom. The number of fused-ring (bicyclic) bond motifs is 1. The number of thiazole rings is 1. The van der Waals surface area contributed by atoms with E-state index >= 15 is 0 Å². The number of hydrogen-bond donors (Lipinski definition) is 3. The standard InChI is InChI=1S/C13H14N4O3S/c1-15-13(20)9(5-11(14)18)17-12(19)7-2-3-10-8(4-7)16-6-21-10/h2-4,6,9H,5H2,1H3,(H2,14,18)(H,15,20)(H,17,19)/t9-/m0/s1. The van der Waals surface area contributed by atoms with Crippen molar-refractivity contribution in [2.45, 2.75) is 12.5 Å². The largest absolute Gasteiger partial charge is 0.370 e. The Morgan fingerprint density at radius 3 is 2.81 bits per heavy atom. The van der Waals surface area contributed by atoms with Crippen molar-refractivity contribution in [2.75, 3.05) is 7.05 Å². The van der Waals surface area contributed by atoms with E-state index in [-0.39, 0.29) is 6.42 Å². The number of likely N-dealkylation sites (N-methyl/N-ethyl adjacent to an activating group) is 1. The van der Waals surface area contributed by atoms with Gasteiger partial charge < -0.3 is 16.4 Å². The summed E-state index contributed by atoms with van der Waals surface area (Å²) in [5.41, 5.74) is 7.84. The third kappa shape index (κ3) is 3.54. The fraction of sp³-hybridized carbons (Fsp3) is 0.231. The molecule has 0 saturated carbocycles. The lowest BCUT2D eigenvalue weighted by molar-refractivity contribution is -0.126. The lowest BCUT2D eigenvalue weighted by Gasteiger charge is -2.15. The van der Waals surface area contributed by atoms with Crippen LogP contribution in [0.15, 0.2) is 23.7 Å². The predicted molar refractivity (Wildman–Crippen MR) is 78.8 cm³/mol. The summed E-state index contributed by atoms with van der Waals surface area (Å²) in [6.07, 6.45) is -0.260. The summed E-state index contributed by atoms with van der Waals surface area (Å²) in [5, 5.41) is 4.88. The Morgan fingerprint density at radius 1 is 1.38 bits per heavy atom. The molecule has 110 valence electrons. The minimum absolute atomic E-state index is 0.260. The molecule has 0 spiro atoms. The summed E-state index contributed by atoms with van der Waals surface area (Å²) in [4.78, 5) is 38.9. The second-order valence-corrected chi connectivity index (χ2v) is 5.23. The molecule has 0 saturated heterocycles. The van der Waals surface area contributed by atoms with Gasteiger partial charge in [-0.15, -0.1) is 11.3 Å². The van der Waals surface area contributed by atoms with Crippen LogP contribution in [0.4, 0.5) is 0 Å². The predicted octanol–water partition coefficient (Wildman–Crippen LogP) is 0.0161. The van der Waals surface area contributed by atoms with Crippen molar-refractivity contribution in [1.82, 2.24) is 15.6 Å². The maximum atomic E-state index is 12.2. The van der Waals surface area contributed by atoms with E-state index in [0.29, 0.717) is 11.1 Å². The molecule has 0 fully saturated rings. The van der Waals surface area contributed by atoms with Crippen LogP contribution in [0.2, 0.25) is 0 Å². The number of amides is 3. The lowest BCUT2D eigenvalue weighted by atomic mass is 10.1. The molecule has 7 nitrogen and oxygen atoms in total. The van der Waals surface area contributed by atoms with Crippen LogP contribution >= 0.6 is 11.3 Å². The fourth-order valence-electron chi connectivity index (χ4n) is 1.83. The Balaban J connectivity index is 2.17. The third-order valence-corrected chi connectivity index (χ3v) is 3.68. The van der Waals surface area contributed by atoms with Crippen LogP contribution in [0.5, 0.6) is 0 Å². The molecule has 21 heavy (non-hydrogen) atoms. The Hall–Kier alpha value is -2.48. The van der Waals surface area contributed by atoms with E-state index in [0.717, 1.165) is 4.70 Å². The van der Waals surface area contributed by atoms with Crippen LogP contribution in [-0.4, -0.2) is 35.8 Å². The number of nitrogens with two attached hydrogens (primary N) is 1. The molecule has 1 aromatic heterocycles. The van der Waals surface area contributed by atoms with E-state index in [4.69, 9.17) is 5.73 Å². The molecule has 1 atom stereocenters. The van der Waals surface area contributed by atoms with E-state index in [1.165, 1.54) is 18.4 Å². The van der Waals surface area contributed by atoms with Gasteiger partial charge in [0.2, 0.25) is 11.8 Å². The van der Waals surface area contributed by atoms with Gasteiger partial charge in [0, 0.05) is 12.6 Å². The van der Waals surface area contributed by atoms with E-state index in [1.807, 2.05) is 0 Å². The quantitative estimate of drug-likeness (QED) is 0.722. The van der Waals surface area contributed by atoms with Gasteiger partial charge >= 0.3 is 0 Å². The molecular formula is C13H14N4O3S. The van der Waals surface area contributed by atoms with Crippen molar-refractivity contribution >= 4 is 39.3 Å². The minimum atomic E-state index is -0.994. The maximum Gasteiger partial charge on any atom is 0.252 e. The van der Waals surface area contributed by atoms with Gasteiger partial charge in [0.05, 0.1) is 22.1 Å². The number of rotatable bonds is 5. The highest BCUT2D eigenvalue weighted by atomic mass is 32.1. The van der Waals surface area contributed by atoms with E-state index in [1.54, 1.807) is 23.7 Å². The Bertz CT molecular complexity index is 698. The number of aromatic nitrogens is 1. The average molecular weight is 306 g/mol. The summed E-state index contributed by atoms with van der Waals surface area (Å²) >= 11 is 1.47. The van der Waals surface area contributed by atoms with Gasteiger partial charge in [-0.05, 0) is 18.2 Å². The molecule has 2 aromatic rings. The molecule has 3 amide bonds. The van der Waals surface area contributed by atoms with Crippen LogP contribution in [0.1, 0.15) is 16.8 Å². The van der Waals surface area contributed by atoms with Gasteiger partial charge in [0.15, 0.2) is 0 Å². The Labute approximate surface area is 124 Å². The second kappa shape index (κ2) is 6.31. The summed E-state index contributed by atoms with van der Waals surface area (Å²) in [6, 6.07) is 4.06.